The molecule has 1 saturated carbocycles. The second-order valence-electron chi connectivity index (χ2n) is 9.41. The summed E-state index contributed by atoms with van der Waals surface area (Å²) in [5.41, 5.74) is 1.50. The minimum Gasteiger partial charge on any atom is -0.486 e. The van der Waals surface area contributed by atoms with E-state index >= 15 is 0 Å². The number of nitrogens with one attached hydrogen (secondary N) is 3. The van der Waals surface area contributed by atoms with Gasteiger partial charge in [-0.1, -0.05) is 6.07 Å². The number of hydrogen-bond acceptors (Lipinski definition) is 6. The van der Waals surface area contributed by atoms with Crippen molar-refractivity contribution >= 4 is 27.5 Å². The number of anilines is 1. The van der Waals surface area contributed by atoms with Crippen molar-refractivity contribution in [1.29, 1.82) is 0 Å². The molecule has 2 aromatic rings. The lowest BCUT2D eigenvalue weighted by atomic mass is 9.81. The van der Waals surface area contributed by atoms with Crippen molar-refractivity contribution in [3.63, 3.8) is 0 Å². The second kappa shape index (κ2) is 11.3. The first-order valence-corrected chi connectivity index (χ1v) is 13.8. The van der Waals surface area contributed by atoms with Crippen molar-refractivity contribution in [3.05, 3.63) is 48.0 Å². The molecule has 0 spiro atoms. The molecule has 194 valence electrons. The van der Waals surface area contributed by atoms with Gasteiger partial charge in [0.15, 0.2) is 11.5 Å². The van der Waals surface area contributed by atoms with Crippen LogP contribution in [-0.4, -0.2) is 40.0 Å². The smallest absolute Gasteiger partial charge is 0.240 e. The predicted molar refractivity (Wildman–Crippen MR) is 135 cm³/mol. The summed E-state index contributed by atoms with van der Waals surface area (Å²) in [5.74, 6) is 1.32. The Kier molecular flexibility index (Phi) is 8.15. The maximum absolute atomic E-state index is 12.9. The highest BCUT2D eigenvalue weighted by atomic mass is 32.2. The van der Waals surface area contributed by atoms with Gasteiger partial charge in [-0.15, -0.1) is 0 Å². The summed E-state index contributed by atoms with van der Waals surface area (Å²) in [4.78, 5) is 24.1. The zero-order chi connectivity index (χ0) is 25.7. The van der Waals surface area contributed by atoms with Crippen molar-refractivity contribution < 1.29 is 27.5 Å². The quantitative estimate of drug-likeness (QED) is 0.495. The average Bonchev–Trinajstić information content (AvgIpc) is 2.87. The molecule has 2 aliphatic rings. The van der Waals surface area contributed by atoms with Crippen LogP contribution >= 0.6 is 0 Å². The third-order valence-electron chi connectivity index (χ3n) is 6.69. The molecule has 1 fully saturated rings. The molecule has 3 N–H and O–H groups in total. The fourth-order valence-electron chi connectivity index (χ4n) is 4.60. The van der Waals surface area contributed by atoms with Gasteiger partial charge >= 0.3 is 0 Å². The summed E-state index contributed by atoms with van der Waals surface area (Å²) in [6, 6.07) is 11.6. The first-order valence-electron chi connectivity index (χ1n) is 12.3. The van der Waals surface area contributed by atoms with E-state index in [0.717, 1.165) is 37.0 Å². The Labute approximate surface area is 212 Å². The van der Waals surface area contributed by atoms with Gasteiger partial charge in [-0.25, -0.2) is 13.1 Å². The lowest BCUT2D eigenvalue weighted by Gasteiger charge is -2.29. The van der Waals surface area contributed by atoms with E-state index in [-0.39, 0.29) is 34.6 Å². The first-order chi connectivity index (χ1) is 17.2. The summed E-state index contributed by atoms with van der Waals surface area (Å²) in [7, 11) is -3.65. The summed E-state index contributed by atoms with van der Waals surface area (Å²) in [5, 5.41) is 5.72. The van der Waals surface area contributed by atoms with Crippen molar-refractivity contribution in [2.75, 3.05) is 25.1 Å². The molecule has 2 aromatic carbocycles. The van der Waals surface area contributed by atoms with Gasteiger partial charge in [0.25, 0.3) is 0 Å². The predicted octanol–water partition coefficient (Wildman–Crippen LogP) is 3.38. The summed E-state index contributed by atoms with van der Waals surface area (Å²) in [6.07, 6.45) is 3.00. The average molecular weight is 516 g/mol. The molecule has 4 rings (SSSR count). The molecule has 36 heavy (non-hydrogen) atoms. The Bertz CT molecular complexity index is 1190. The summed E-state index contributed by atoms with van der Waals surface area (Å²) in [6.45, 7) is 4.73. The van der Waals surface area contributed by atoms with E-state index < -0.39 is 10.0 Å². The molecule has 9 nitrogen and oxygen atoms in total. The number of hydrogen-bond donors (Lipinski definition) is 3. The minimum absolute atomic E-state index is 0.0238. The van der Waals surface area contributed by atoms with Gasteiger partial charge in [-0.2, -0.15) is 0 Å². The number of ether oxygens (including phenoxy) is 2. The second-order valence-corrected chi connectivity index (χ2v) is 11.2. The zero-order valence-electron chi connectivity index (χ0n) is 20.6. The van der Waals surface area contributed by atoms with E-state index in [4.69, 9.17) is 9.47 Å². The van der Waals surface area contributed by atoms with Gasteiger partial charge < -0.3 is 20.1 Å². The van der Waals surface area contributed by atoms with Gasteiger partial charge in [-0.3, -0.25) is 9.59 Å². The number of amides is 2. The standard InChI is InChI=1S/C26H33N3O6S/c1-17(21-7-12-24-25(15-21)35-14-13-34-24)28-26(31)20-5-3-19(4-6-20)16-27-36(32,33)23-10-8-22(9-11-23)29-18(2)30/h7-12,15,17,19-20,27H,3-6,13-14,16H2,1-2H3,(H,28,31)(H,29,30)/t17-,19?,20?/m0/s1. The van der Waals surface area contributed by atoms with Crippen molar-refractivity contribution in [1.82, 2.24) is 10.0 Å². The van der Waals surface area contributed by atoms with Crippen LogP contribution < -0.4 is 24.8 Å². The summed E-state index contributed by atoms with van der Waals surface area (Å²) < 4.78 is 39.2. The van der Waals surface area contributed by atoms with Gasteiger partial charge in [0.1, 0.15) is 13.2 Å². The van der Waals surface area contributed by atoms with E-state index in [2.05, 4.69) is 15.4 Å². The molecule has 0 saturated heterocycles. The largest absolute Gasteiger partial charge is 0.486 e. The minimum atomic E-state index is -3.65. The Hall–Kier alpha value is -3.11. The lowest BCUT2D eigenvalue weighted by molar-refractivity contribution is -0.126. The molecular weight excluding hydrogens is 482 g/mol. The van der Waals surface area contributed by atoms with E-state index in [0.29, 0.717) is 31.2 Å². The normalized spacial score (nSPS) is 20.3. The SMILES string of the molecule is CC(=O)Nc1ccc(S(=O)(=O)NCC2CCC(C(=O)N[C@@H](C)c3ccc4c(c3)OCCO4)CC2)cc1. The number of benzene rings is 2. The Morgan fingerprint density at radius 2 is 1.64 bits per heavy atom. The number of carbonyl (C=O) groups excluding carboxylic acids is 2. The van der Waals surface area contributed by atoms with Gasteiger partial charge in [0, 0.05) is 25.1 Å². The van der Waals surface area contributed by atoms with E-state index in [1.54, 1.807) is 12.1 Å². The Morgan fingerprint density at radius 3 is 2.31 bits per heavy atom. The maximum Gasteiger partial charge on any atom is 0.240 e. The van der Waals surface area contributed by atoms with E-state index in [1.807, 2.05) is 25.1 Å². The molecule has 0 radical (unpaired) electrons. The van der Waals surface area contributed by atoms with Crippen molar-refractivity contribution in [3.8, 4) is 11.5 Å². The number of sulfonamides is 1. The van der Waals surface area contributed by atoms with Crippen LogP contribution in [0.4, 0.5) is 5.69 Å². The van der Waals surface area contributed by atoms with Gasteiger partial charge in [0.05, 0.1) is 10.9 Å². The monoisotopic (exact) mass is 515 g/mol. The Balaban J connectivity index is 1.23. The molecule has 10 heteroatoms. The molecule has 1 aliphatic heterocycles. The van der Waals surface area contributed by atoms with Crippen LogP contribution in [0.3, 0.4) is 0 Å². The third kappa shape index (κ3) is 6.55. The maximum atomic E-state index is 12.9. The highest BCUT2D eigenvalue weighted by Gasteiger charge is 2.28. The van der Waals surface area contributed by atoms with Crippen molar-refractivity contribution in [2.45, 2.75) is 50.5 Å². The zero-order valence-corrected chi connectivity index (χ0v) is 21.4. The molecular formula is C26H33N3O6S. The molecule has 1 atom stereocenters. The highest BCUT2D eigenvalue weighted by Crippen LogP contribution is 2.33. The molecule has 2 amide bonds. The third-order valence-corrected chi connectivity index (χ3v) is 8.13. The number of rotatable bonds is 8. The van der Waals surface area contributed by atoms with Gasteiger partial charge in [-0.05, 0) is 80.5 Å². The fourth-order valence-corrected chi connectivity index (χ4v) is 5.72. The van der Waals surface area contributed by atoms with Gasteiger partial charge in [0.2, 0.25) is 21.8 Å². The molecule has 0 unspecified atom stereocenters. The first kappa shape index (κ1) is 26.0. The summed E-state index contributed by atoms with van der Waals surface area (Å²) >= 11 is 0. The van der Waals surface area contributed by atoms with Crippen LogP contribution in [0.1, 0.15) is 51.1 Å². The van der Waals surface area contributed by atoms with Crippen LogP contribution in [-0.2, 0) is 19.6 Å². The highest BCUT2D eigenvalue weighted by molar-refractivity contribution is 7.89. The molecule has 0 aromatic heterocycles. The van der Waals surface area contributed by atoms with Crippen LogP contribution in [0, 0.1) is 11.8 Å². The number of carbonyl (C=O) groups is 2. The lowest BCUT2D eigenvalue weighted by Crippen LogP contribution is -2.37. The number of fused-ring (bicyclic) bond motifs is 1. The molecule has 0 bridgehead atoms. The van der Waals surface area contributed by atoms with E-state index in [1.165, 1.54) is 19.1 Å². The van der Waals surface area contributed by atoms with Crippen LogP contribution in [0.25, 0.3) is 0 Å². The molecule has 1 aliphatic carbocycles. The topological polar surface area (TPSA) is 123 Å². The van der Waals surface area contributed by atoms with Crippen LogP contribution in [0.2, 0.25) is 0 Å². The fraction of sp³-hybridized carbons (Fsp3) is 0.462. The van der Waals surface area contributed by atoms with Crippen LogP contribution in [0.5, 0.6) is 11.5 Å². The van der Waals surface area contributed by atoms with Crippen molar-refractivity contribution in [2.24, 2.45) is 11.8 Å². The Morgan fingerprint density at radius 1 is 0.972 bits per heavy atom. The van der Waals surface area contributed by atoms with Crippen LogP contribution in [0.15, 0.2) is 47.4 Å². The van der Waals surface area contributed by atoms with E-state index in [9.17, 15) is 18.0 Å². The molecule has 1 heterocycles.